The Bertz CT molecular complexity index is 560. The van der Waals surface area contributed by atoms with E-state index in [1.54, 1.807) is 0 Å². The zero-order valence-corrected chi connectivity index (χ0v) is 14.2. The monoisotopic (exact) mass is 327 g/mol. The molecule has 0 radical (unpaired) electrons. The molecule has 0 fully saturated rings. The first-order chi connectivity index (χ1) is 9.47. The SMILES string of the molecule is CC(C)c1ccc(CNC(C)c2cc(Cl)sc2Cl)cc1. The molecule has 0 aliphatic carbocycles. The van der Waals surface area contributed by atoms with Crippen LogP contribution in [0.2, 0.25) is 8.67 Å². The Balaban J connectivity index is 1.96. The largest absolute Gasteiger partial charge is 0.306 e. The molecule has 0 spiro atoms. The molecule has 1 aromatic carbocycles. The molecular formula is C16H19Cl2NS. The topological polar surface area (TPSA) is 12.0 Å². The molecule has 0 amide bonds. The van der Waals surface area contributed by atoms with Gasteiger partial charge in [0, 0.05) is 12.6 Å². The molecule has 0 bridgehead atoms. The lowest BCUT2D eigenvalue weighted by Crippen LogP contribution is -2.17. The van der Waals surface area contributed by atoms with Gasteiger partial charge in [0.2, 0.25) is 0 Å². The van der Waals surface area contributed by atoms with Gasteiger partial charge in [-0.05, 0) is 35.6 Å². The Hall–Kier alpha value is -0.540. The summed E-state index contributed by atoms with van der Waals surface area (Å²) < 4.78 is 1.50. The van der Waals surface area contributed by atoms with E-state index in [2.05, 4.69) is 50.4 Å². The van der Waals surface area contributed by atoms with E-state index in [9.17, 15) is 0 Å². The van der Waals surface area contributed by atoms with E-state index in [0.717, 1.165) is 20.8 Å². The highest BCUT2D eigenvalue weighted by molar-refractivity contribution is 7.20. The van der Waals surface area contributed by atoms with Crippen molar-refractivity contribution in [3.05, 3.63) is 55.7 Å². The van der Waals surface area contributed by atoms with Crippen LogP contribution < -0.4 is 5.32 Å². The van der Waals surface area contributed by atoms with Gasteiger partial charge in [0.05, 0.1) is 8.67 Å². The molecule has 1 unspecified atom stereocenters. The zero-order valence-electron chi connectivity index (χ0n) is 11.9. The van der Waals surface area contributed by atoms with E-state index in [0.29, 0.717) is 5.92 Å². The summed E-state index contributed by atoms with van der Waals surface area (Å²) in [5.41, 5.74) is 3.72. The van der Waals surface area contributed by atoms with E-state index in [1.807, 2.05) is 6.07 Å². The van der Waals surface area contributed by atoms with E-state index in [-0.39, 0.29) is 6.04 Å². The fourth-order valence-electron chi connectivity index (χ4n) is 2.05. The highest BCUT2D eigenvalue weighted by Gasteiger charge is 2.12. The van der Waals surface area contributed by atoms with Crippen molar-refractivity contribution in [3.63, 3.8) is 0 Å². The molecule has 0 aliphatic rings. The third-order valence-corrected chi connectivity index (χ3v) is 4.93. The second-order valence-corrected chi connectivity index (χ2v) is 7.56. The fourth-order valence-corrected chi connectivity index (χ4v) is 3.70. The minimum Gasteiger partial charge on any atom is -0.306 e. The van der Waals surface area contributed by atoms with E-state index < -0.39 is 0 Å². The van der Waals surface area contributed by atoms with Crippen molar-refractivity contribution in [3.8, 4) is 0 Å². The summed E-state index contributed by atoms with van der Waals surface area (Å²) in [5.74, 6) is 0.572. The maximum atomic E-state index is 6.17. The molecular weight excluding hydrogens is 309 g/mol. The van der Waals surface area contributed by atoms with Crippen LogP contribution in [0, 0.1) is 0 Å². The zero-order chi connectivity index (χ0) is 14.7. The Morgan fingerprint density at radius 2 is 1.75 bits per heavy atom. The quantitative estimate of drug-likeness (QED) is 0.706. The van der Waals surface area contributed by atoms with Gasteiger partial charge in [-0.2, -0.15) is 0 Å². The second-order valence-electron chi connectivity index (χ2n) is 5.28. The summed E-state index contributed by atoms with van der Waals surface area (Å²) >= 11 is 13.6. The van der Waals surface area contributed by atoms with Crippen molar-refractivity contribution in [2.75, 3.05) is 0 Å². The van der Waals surface area contributed by atoms with Crippen LogP contribution in [0.25, 0.3) is 0 Å². The van der Waals surface area contributed by atoms with E-state index in [4.69, 9.17) is 23.2 Å². The number of nitrogens with one attached hydrogen (secondary N) is 1. The fraction of sp³-hybridized carbons (Fsp3) is 0.375. The second kappa shape index (κ2) is 6.95. The molecule has 2 aromatic rings. The van der Waals surface area contributed by atoms with Crippen LogP contribution in [0.4, 0.5) is 0 Å². The van der Waals surface area contributed by atoms with Crippen LogP contribution in [-0.4, -0.2) is 0 Å². The third kappa shape index (κ3) is 3.98. The van der Waals surface area contributed by atoms with Crippen molar-refractivity contribution in [2.45, 2.75) is 39.3 Å². The summed E-state index contributed by atoms with van der Waals surface area (Å²) in [5, 5.41) is 3.48. The maximum absolute atomic E-state index is 6.17. The Kier molecular flexibility index (Phi) is 5.50. The summed E-state index contributed by atoms with van der Waals surface area (Å²) in [4.78, 5) is 0. The van der Waals surface area contributed by atoms with Gasteiger partial charge in [0.1, 0.15) is 0 Å². The van der Waals surface area contributed by atoms with Crippen LogP contribution in [-0.2, 0) is 6.54 Å². The minimum atomic E-state index is 0.191. The Labute approximate surface area is 134 Å². The highest BCUT2D eigenvalue weighted by atomic mass is 35.5. The molecule has 0 aliphatic heterocycles. The molecule has 0 saturated carbocycles. The lowest BCUT2D eigenvalue weighted by molar-refractivity contribution is 0.576. The van der Waals surface area contributed by atoms with Crippen molar-refractivity contribution >= 4 is 34.5 Å². The highest BCUT2D eigenvalue weighted by Crippen LogP contribution is 2.34. The summed E-state index contributed by atoms with van der Waals surface area (Å²) in [6, 6.07) is 10.9. The molecule has 1 aromatic heterocycles. The smallest absolute Gasteiger partial charge is 0.0991 e. The van der Waals surface area contributed by atoms with E-state index >= 15 is 0 Å². The number of rotatable bonds is 5. The molecule has 1 nitrogen and oxygen atoms in total. The summed E-state index contributed by atoms with van der Waals surface area (Å²) in [6.45, 7) is 7.34. The number of hydrogen-bond acceptors (Lipinski definition) is 2. The first-order valence-corrected chi connectivity index (χ1v) is 8.31. The molecule has 20 heavy (non-hydrogen) atoms. The van der Waals surface area contributed by atoms with Crippen LogP contribution in [0.5, 0.6) is 0 Å². The van der Waals surface area contributed by atoms with Gasteiger partial charge in [0.15, 0.2) is 0 Å². The standard InChI is InChI=1S/C16H19Cl2NS/c1-10(2)13-6-4-12(5-7-13)9-19-11(3)14-8-15(17)20-16(14)18/h4-8,10-11,19H,9H2,1-3H3. The first kappa shape index (κ1) is 15.8. The average Bonchev–Trinajstić information content (AvgIpc) is 2.75. The minimum absolute atomic E-state index is 0.191. The number of thiophene rings is 1. The van der Waals surface area contributed by atoms with Gasteiger partial charge in [-0.25, -0.2) is 0 Å². The average molecular weight is 328 g/mol. The molecule has 0 saturated heterocycles. The molecule has 1 N–H and O–H groups in total. The predicted molar refractivity (Wildman–Crippen MR) is 90.1 cm³/mol. The molecule has 4 heteroatoms. The summed E-state index contributed by atoms with van der Waals surface area (Å²) in [7, 11) is 0. The van der Waals surface area contributed by atoms with Crippen LogP contribution in [0.3, 0.4) is 0 Å². The maximum Gasteiger partial charge on any atom is 0.0991 e. The molecule has 108 valence electrons. The molecule has 1 heterocycles. The number of benzene rings is 1. The lowest BCUT2D eigenvalue weighted by atomic mass is 10.0. The van der Waals surface area contributed by atoms with Crippen LogP contribution >= 0.6 is 34.5 Å². The van der Waals surface area contributed by atoms with Gasteiger partial charge < -0.3 is 5.32 Å². The Morgan fingerprint density at radius 3 is 2.25 bits per heavy atom. The number of hydrogen-bond donors (Lipinski definition) is 1. The van der Waals surface area contributed by atoms with Gasteiger partial charge >= 0.3 is 0 Å². The summed E-state index contributed by atoms with van der Waals surface area (Å²) in [6.07, 6.45) is 0. The van der Waals surface area contributed by atoms with Gasteiger partial charge in [-0.15, -0.1) is 11.3 Å². The van der Waals surface area contributed by atoms with Gasteiger partial charge in [-0.3, -0.25) is 0 Å². The lowest BCUT2D eigenvalue weighted by Gasteiger charge is -2.14. The molecule has 1 atom stereocenters. The van der Waals surface area contributed by atoms with Gasteiger partial charge in [0.25, 0.3) is 0 Å². The van der Waals surface area contributed by atoms with Crippen molar-refractivity contribution < 1.29 is 0 Å². The van der Waals surface area contributed by atoms with Crippen LogP contribution in [0.15, 0.2) is 30.3 Å². The van der Waals surface area contributed by atoms with E-state index in [1.165, 1.54) is 22.5 Å². The van der Waals surface area contributed by atoms with Crippen molar-refractivity contribution in [2.24, 2.45) is 0 Å². The van der Waals surface area contributed by atoms with Gasteiger partial charge in [-0.1, -0.05) is 61.3 Å². The third-order valence-electron chi connectivity index (χ3n) is 3.41. The predicted octanol–water partition coefficient (Wildman–Crippen LogP) is 6.03. The Morgan fingerprint density at radius 1 is 1.10 bits per heavy atom. The van der Waals surface area contributed by atoms with Crippen molar-refractivity contribution in [1.29, 1.82) is 0 Å². The number of halogens is 2. The molecule has 2 rings (SSSR count). The van der Waals surface area contributed by atoms with Crippen LogP contribution in [0.1, 0.15) is 49.4 Å². The normalized spacial score (nSPS) is 12.9. The van der Waals surface area contributed by atoms with Crippen molar-refractivity contribution in [1.82, 2.24) is 5.32 Å². The first-order valence-electron chi connectivity index (χ1n) is 6.74.